The first kappa shape index (κ1) is 17.0. The number of fused-ring (bicyclic) bond motifs is 1. The molecule has 7 nitrogen and oxygen atoms in total. The van der Waals surface area contributed by atoms with Crippen LogP contribution in [-0.4, -0.2) is 58.6 Å². The molecule has 27 heavy (non-hydrogen) atoms. The first-order valence-electron chi connectivity index (χ1n) is 8.89. The Morgan fingerprint density at radius 3 is 3.11 bits per heavy atom. The van der Waals surface area contributed by atoms with Crippen molar-refractivity contribution in [2.75, 3.05) is 37.7 Å². The van der Waals surface area contributed by atoms with Crippen LogP contribution in [0.3, 0.4) is 0 Å². The monoisotopic (exact) mass is 401 g/mol. The summed E-state index contributed by atoms with van der Waals surface area (Å²) in [5, 5.41) is 2.03. The van der Waals surface area contributed by atoms with E-state index in [1.54, 1.807) is 28.2 Å². The Labute approximate surface area is 164 Å². The van der Waals surface area contributed by atoms with Crippen LogP contribution in [0, 0.1) is 5.41 Å². The van der Waals surface area contributed by atoms with E-state index in [-0.39, 0.29) is 11.3 Å². The molecule has 1 atom stereocenters. The fraction of sp³-hybridized carbons (Fsp3) is 0.444. The highest BCUT2D eigenvalue weighted by atomic mass is 32.1. The fourth-order valence-electron chi connectivity index (χ4n) is 3.91. The summed E-state index contributed by atoms with van der Waals surface area (Å²) in [6.45, 7) is 4.00. The maximum atomic E-state index is 12.7. The summed E-state index contributed by atoms with van der Waals surface area (Å²) in [6, 6.07) is 2.02. The van der Waals surface area contributed by atoms with Crippen molar-refractivity contribution in [2.24, 2.45) is 5.41 Å². The van der Waals surface area contributed by atoms with Crippen LogP contribution < -0.4 is 4.90 Å². The van der Waals surface area contributed by atoms with Gasteiger partial charge in [0, 0.05) is 42.5 Å². The standard InChI is InChI=1S/C18H19N5O2S2/c24-16-5-18(10-23(16)8-13-6-19-12-27-13)9-22(2-3-25-11-18)17-20-7-15-14(21-17)1-4-26-15/h1,4,6-7,12H,2-3,5,8-11H2. The number of carbonyl (C=O) groups excluding carboxylic acids is 1. The Morgan fingerprint density at radius 1 is 1.26 bits per heavy atom. The van der Waals surface area contributed by atoms with Crippen LogP contribution in [0.1, 0.15) is 11.3 Å². The predicted molar refractivity (Wildman–Crippen MR) is 105 cm³/mol. The number of likely N-dealkylation sites (tertiary alicyclic amines) is 1. The van der Waals surface area contributed by atoms with Crippen LogP contribution in [0.5, 0.6) is 0 Å². The van der Waals surface area contributed by atoms with E-state index in [9.17, 15) is 4.79 Å². The quantitative estimate of drug-likeness (QED) is 0.671. The number of hydrogen-bond donors (Lipinski definition) is 0. The largest absolute Gasteiger partial charge is 0.379 e. The average molecular weight is 402 g/mol. The summed E-state index contributed by atoms with van der Waals surface area (Å²) in [7, 11) is 0. The number of amides is 1. The second-order valence-corrected chi connectivity index (χ2v) is 9.13. The van der Waals surface area contributed by atoms with Gasteiger partial charge in [0.25, 0.3) is 0 Å². The van der Waals surface area contributed by atoms with E-state index in [0.717, 1.165) is 34.1 Å². The van der Waals surface area contributed by atoms with Crippen LogP contribution in [0.2, 0.25) is 0 Å². The van der Waals surface area contributed by atoms with Crippen molar-refractivity contribution in [1.82, 2.24) is 19.9 Å². The number of thiazole rings is 1. The molecule has 2 aliphatic heterocycles. The summed E-state index contributed by atoms with van der Waals surface area (Å²) in [6.07, 6.45) is 4.22. The van der Waals surface area contributed by atoms with Gasteiger partial charge in [0.2, 0.25) is 11.9 Å². The van der Waals surface area contributed by atoms with Crippen molar-refractivity contribution in [2.45, 2.75) is 13.0 Å². The van der Waals surface area contributed by atoms with E-state index < -0.39 is 0 Å². The smallest absolute Gasteiger partial charge is 0.226 e. The van der Waals surface area contributed by atoms with Gasteiger partial charge in [-0.05, 0) is 11.4 Å². The molecule has 140 valence electrons. The molecule has 5 rings (SSSR count). The highest BCUT2D eigenvalue weighted by Crippen LogP contribution is 2.36. The Bertz CT molecular complexity index is 960. The molecule has 3 aromatic rings. The summed E-state index contributed by atoms with van der Waals surface area (Å²) in [4.78, 5) is 31.3. The molecule has 3 aromatic heterocycles. The zero-order valence-corrected chi connectivity index (χ0v) is 16.3. The minimum atomic E-state index is -0.217. The molecule has 0 saturated carbocycles. The lowest BCUT2D eigenvalue weighted by atomic mass is 9.87. The van der Waals surface area contributed by atoms with Gasteiger partial charge in [-0.3, -0.25) is 9.78 Å². The predicted octanol–water partition coefficient (Wildman–Crippen LogP) is 2.40. The van der Waals surface area contributed by atoms with Crippen molar-refractivity contribution < 1.29 is 9.53 Å². The van der Waals surface area contributed by atoms with E-state index in [0.29, 0.717) is 32.7 Å². The molecule has 0 radical (unpaired) electrons. The van der Waals surface area contributed by atoms with E-state index in [2.05, 4.69) is 14.9 Å². The van der Waals surface area contributed by atoms with Crippen molar-refractivity contribution in [1.29, 1.82) is 0 Å². The third-order valence-corrected chi connectivity index (χ3v) is 6.75. The van der Waals surface area contributed by atoms with Crippen molar-refractivity contribution in [3.05, 3.63) is 34.2 Å². The van der Waals surface area contributed by atoms with Gasteiger partial charge in [0.1, 0.15) is 0 Å². The van der Waals surface area contributed by atoms with E-state index in [1.807, 2.05) is 28.7 Å². The SMILES string of the molecule is O=C1CC2(COCCN(c3ncc4sccc4n3)C2)CN1Cc1cncs1. The molecular weight excluding hydrogens is 382 g/mol. The maximum Gasteiger partial charge on any atom is 0.226 e. The number of thiophene rings is 1. The molecule has 2 fully saturated rings. The molecule has 0 aromatic carbocycles. The van der Waals surface area contributed by atoms with Crippen LogP contribution in [-0.2, 0) is 16.1 Å². The number of rotatable bonds is 3. The lowest BCUT2D eigenvalue weighted by Gasteiger charge is -2.31. The lowest BCUT2D eigenvalue weighted by Crippen LogP contribution is -2.41. The number of carbonyl (C=O) groups is 1. The third kappa shape index (κ3) is 3.30. The van der Waals surface area contributed by atoms with E-state index >= 15 is 0 Å². The zero-order chi connectivity index (χ0) is 18.3. The molecule has 1 amide bonds. The Balaban J connectivity index is 1.38. The zero-order valence-electron chi connectivity index (χ0n) is 14.7. The highest BCUT2D eigenvalue weighted by Gasteiger charge is 2.46. The van der Waals surface area contributed by atoms with Gasteiger partial charge in [-0.2, -0.15) is 0 Å². The van der Waals surface area contributed by atoms with Crippen molar-refractivity contribution >= 4 is 44.7 Å². The number of aromatic nitrogens is 3. The van der Waals surface area contributed by atoms with Gasteiger partial charge in [0.15, 0.2) is 0 Å². The second-order valence-electron chi connectivity index (χ2n) is 7.21. The third-order valence-electron chi connectivity index (χ3n) is 5.15. The summed E-state index contributed by atoms with van der Waals surface area (Å²) < 4.78 is 6.99. The number of anilines is 1. The topological polar surface area (TPSA) is 71.5 Å². The minimum Gasteiger partial charge on any atom is -0.379 e. The van der Waals surface area contributed by atoms with Crippen molar-refractivity contribution in [3.63, 3.8) is 0 Å². The van der Waals surface area contributed by atoms with Crippen LogP contribution in [0.25, 0.3) is 10.2 Å². The average Bonchev–Trinajstić information content (AvgIpc) is 3.36. The van der Waals surface area contributed by atoms with Crippen LogP contribution in [0.15, 0.2) is 29.4 Å². The van der Waals surface area contributed by atoms with Gasteiger partial charge in [-0.1, -0.05) is 0 Å². The van der Waals surface area contributed by atoms with Crippen molar-refractivity contribution in [3.8, 4) is 0 Å². The molecule has 2 aliphatic rings. The van der Waals surface area contributed by atoms with Crippen LogP contribution in [0.4, 0.5) is 5.95 Å². The summed E-state index contributed by atoms with van der Waals surface area (Å²) in [5.41, 5.74) is 2.56. The van der Waals surface area contributed by atoms with Gasteiger partial charge < -0.3 is 14.5 Å². The minimum absolute atomic E-state index is 0.183. The summed E-state index contributed by atoms with van der Waals surface area (Å²) >= 11 is 3.23. The normalized spacial score (nSPS) is 23.5. The van der Waals surface area contributed by atoms with Crippen LogP contribution >= 0.6 is 22.7 Å². The molecule has 1 unspecified atom stereocenters. The van der Waals surface area contributed by atoms with Gasteiger partial charge in [-0.15, -0.1) is 22.7 Å². The van der Waals surface area contributed by atoms with E-state index in [4.69, 9.17) is 9.72 Å². The fourth-order valence-corrected chi connectivity index (χ4v) is 5.21. The first-order chi connectivity index (χ1) is 13.2. The second kappa shape index (κ2) is 6.81. The number of hydrogen-bond acceptors (Lipinski definition) is 8. The molecule has 1 spiro atoms. The maximum absolute atomic E-state index is 12.7. The first-order valence-corrected chi connectivity index (χ1v) is 10.6. The molecule has 9 heteroatoms. The Morgan fingerprint density at radius 2 is 2.22 bits per heavy atom. The molecular formula is C18H19N5O2S2. The number of nitrogens with zero attached hydrogens (tertiary/aromatic N) is 5. The number of ether oxygens (including phenoxy) is 1. The Kier molecular flexibility index (Phi) is 4.30. The Hall–Kier alpha value is -2.10. The van der Waals surface area contributed by atoms with Gasteiger partial charge in [-0.25, -0.2) is 9.97 Å². The van der Waals surface area contributed by atoms with Gasteiger partial charge in [0.05, 0.1) is 41.7 Å². The van der Waals surface area contributed by atoms with Gasteiger partial charge >= 0.3 is 0 Å². The lowest BCUT2D eigenvalue weighted by molar-refractivity contribution is -0.128. The molecule has 0 N–H and O–H groups in total. The molecule has 2 saturated heterocycles. The molecule has 0 aliphatic carbocycles. The summed E-state index contributed by atoms with van der Waals surface area (Å²) in [5.74, 6) is 0.905. The highest BCUT2D eigenvalue weighted by molar-refractivity contribution is 7.17. The molecule has 5 heterocycles. The van der Waals surface area contributed by atoms with E-state index in [1.165, 1.54) is 0 Å². The molecule has 0 bridgehead atoms.